The molecule has 9 nitrogen and oxygen atoms in total. The van der Waals surface area contributed by atoms with Crippen molar-refractivity contribution in [3.8, 4) is 11.4 Å². The molecule has 0 saturated carbocycles. The van der Waals surface area contributed by atoms with E-state index in [1.807, 2.05) is 31.2 Å². The van der Waals surface area contributed by atoms with Gasteiger partial charge >= 0.3 is 5.69 Å². The number of hydrogen-bond donors (Lipinski definition) is 2. The number of allylic oxidation sites excluding steroid dienone is 1. The number of methoxy groups -OCH3 is 1. The van der Waals surface area contributed by atoms with E-state index in [0.717, 1.165) is 41.4 Å². The van der Waals surface area contributed by atoms with E-state index in [-0.39, 0.29) is 34.8 Å². The summed E-state index contributed by atoms with van der Waals surface area (Å²) < 4.78 is 7.51. The summed E-state index contributed by atoms with van der Waals surface area (Å²) >= 11 is 0. The van der Waals surface area contributed by atoms with Gasteiger partial charge in [0.05, 0.1) is 23.7 Å². The molecule has 0 aliphatic heterocycles. The number of aryl methyl sites for hydroxylation is 1. The van der Waals surface area contributed by atoms with Gasteiger partial charge in [-0.05, 0) is 87.1 Å². The highest BCUT2D eigenvalue weighted by molar-refractivity contribution is 5.98. The lowest BCUT2D eigenvalue weighted by Crippen LogP contribution is -2.42. The standard InChI is InChI=1S/C34H36N4O5/c1-23-8-10-25(11-9-23)21-36-32(40)26-12-17-29-30(20-26)37(22-31(39)35-19-18-24-6-4-3-5-7-24)34(42)38(33(29)41)27-13-15-28(43-2)16-14-27/h6,8-17,20H,3-5,7,18-19,21-22H2,1-2H3,(H,35,39)(H,36,40). The lowest BCUT2D eigenvalue weighted by Gasteiger charge is -2.16. The molecule has 9 heteroatoms. The maximum Gasteiger partial charge on any atom is 0.336 e. The van der Waals surface area contributed by atoms with Crippen LogP contribution in [0.3, 0.4) is 0 Å². The van der Waals surface area contributed by atoms with E-state index in [0.29, 0.717) is 24.5 Å². The molecule has 43 heavy (non-hydrogen) atoms. The van der Waals surface area contributed by atoms with Gasteiger partial charge in [0.2, 0.25) is 5.91 Å². The zero-order chi connectivity index (χ0) is 30.3. The number of nitrogens with one attached hydrogen (secondary N) is 2. The molecule has 0 saturated heterocycles. The van der Waals surface area contributed by atoms with Crippen molar-refractivity contribution >= 4 is 22.7 Å². The Morgan fingerprint density at radius 2 is 1.70 bits per heavy atom. The number of nitrogens with zero attached hydrogens (tertiary/aromatic N) is 2. The third-order valence-corrected chi connectivity index (χ3v) is 7.77. The molecule has 0 unspecified atom stereocenters. The van der Waals surface area contributed by atoms with Gasteiger partial charge in [0, 0.05) is 18.7 Å². The van der Waals surface area contributed by atoms with Crippen molar-refractivity contribution in [1.29, 1.82) is 0 Å². The second-order valence-electron chi connectivity index (χ2n) is 10.8. The first-order valence-corrected chi connectivity index (χ1v) is 14.6. The molecule has 0 spiro atoms. The van der Waals surface area contributed by atoms with Crippen LogP contribution in [0.15, 0.2) is 88.0 Å². The number of rotatable bonds is 10. The molecule has 3 aromatic carbocycles. The van der Waals surface area contributed by atoms with E-state index in [1.54, 1.807) is 30.3 Å². The highest BCUT2D eigenvalue weighted by Crippen LogP contribution is 2.20. The van der Waals surface area contributed by atoms with E-state index in [1.165, 1.54) is 35.8 Å². The highest BCUT2D eigenvalue weighted by atomic mass is 16.5. The van der Waals surface area contributed by atoms with Crippen LogP contribution < -0.4 is 26.6 Å². The molecule has 0 bridgehead atoms. The molecular formula is C34H36N4O5. The van der Waals surface area contributed by atoms with Crippen molar-refractivity contribution in [1.82, 2.24) is 19.8 Å². The average Bonchev–Trinajstić information content (AvgIpc) is 3.03. The molecule has 0 fully saturated rings. The number of fused-ring (bicyclic) bond motifs is 1. The number of carbonyl (C=O) groups excluding carboxylic acids is 2. The Kier molecular flexibility index (Phi) is 9.20. The third kappa shape index (κ3) is 6.94. The number of ether oxygens (including phenoxy) is 1. The summed E-state index contributed by atoms with van der Waals surface area (Å²) in [6.45, 7) is 2.47. The molecule has 0 radical (unpaired) electrons. The Labute approximate surface area is 249 Å². The Morgan fingerprint density at radius 3 is 2.40 bits per heavy atom. The van der Waals surface area contributed by atoms with Crippen molar-refractivity contribution in [2.75, 3.05) is 13.7 Å². The lowest BCUT2D eigenvalue weighted by atomic mass is 9.97. The van der Waals surface area contributed by atoms with E-state index in [2.05, 4.69) is 16.7 Å². The van der Waals surface area contributed by atoms with Crippen LogP contribution in [0.25, 0.3) is 16.6 Å². The SMILES string of the molecule is COc1ccc(-n2c(=O)c3ccc(C(=O)NCc4ccc(C)cc4)cc3n(CC(=O)NCCC3=CCCCC3)c2=O)cc1. The minimum atomic E-state index is -0.676. The summed E-state index contributed by atoms with van der Waals surface area (Å²) in [6, 6.07) is 19.0. The second-order valence-corrected chi connectivity index (χ2v) is 10.8. The Morgan fingerprint density at radius 1 is 0.930 bits per heavy atom. The first kappa shape index (κ1) is 29.6. The average molecular weight is 581 g/mol. The first-order valence-electron chi connectivity index (χ1n) is 14.6. The fourth-order valence-corrected chi connectivity index (χ4v) is 5.30. The molecule has 1 aliphatic carbocycles. The van der Waals surface area contributed by atoms with Crippen LogP contribution in [0, 0.1) is 6.92 Å². The number of aromatic nitrogens is 2. The van der Waals surface area contributed by atoms with Gasteiger partial charge in [-0.25, -0.2) is 9.36 Å². The predicted octanol–water partition coefficient (Wildman–Crippen LogP) is 4.41. The van der Waals surface area contributed by atoms with E-state index in [4.69, 9.17) is 4.74 Å². The van der Waals surface area contributed by atoms with Gasteiger partial charge in [-0.3, -0.25) is 19.0 Å². The van der Waals surface area contributed by atoms with E-state index >= 15 is 0 Å². The van der Waals surface area contributed by atoms with Crippen LogP contribution in [0.5, 0.6) is 5.75 Å². The molecule has 222 valence electrons. The molecule has 2 N–H and O–H groups in total. The molecular weight excluding hydrogens is 544 g/mol. The minimum absolute atomic E-state index is 0.214. The predicted molar refractivity (Wildman–Crippen MR) is 167 cm³/mol. The number of carbonyl (C=O) groups is 2. The van der Waals surface area contributed by atoms with Crippen LogP contribution in [0.1, 0.15) is 53.6 Å². The minimum Gasteiger partial charge on any atom is -0.497 e. The topological polar surface area (TPSA) is 111 Å². The summed E-state index contributed by atoms with van der Waals surface area (Å²) in [7, 11) is 1.53. The van der Waals surface area contributed by atoms with Gasteiger partial charge in [-0.1, -0.05) is 41.5 Å². The zero-order valence-electron chi connectivity index (χ0n) is 24.5. The van der Waals surface area contributed by atoms with Crippen LogP contribution in [0.2, 0.25) is 0 Å². The zero-order valence-corrected chi connectivity index (χ0v) is 24.5. The first-order chi connectivity index (χ1) is 20.8. The third-order valence-electron chi connectivity index (χ3n) is 7.77. The van der Waals surface area contributed by atoms with Gasteiger partial charge in [0.15, 0.2) is 0 Å². The Bertz CT molecular complexity index is 1780. The lowest BCUT2D eigenvalue weighted by molar-refractivity contribution is -0.121. The second kappa shape index (κ2) is 13.4. The highest BCUT2D eigenvalue weighted by Gasteiger charge is 2.19. The number of benzene rings is 3. The number of amides is 2. The summed E-state index contributed by atoms with van der Waals surface area (Å²) in [5.41, 5.74) is 3.02. The molecule has 1 aliphatic rings. The van der Waals surface area contributed by atoms with Crippen molar-refractivity contribution in [2.24, 2.45) is 0 Å². The van der Waals surface area contributed by atoms with Crippen molar-refractivity contribution in [3.63, 3.8) is 0 Å². The Balaban J connectivity index is 1.47. The van der Waals surface area contributed by atoms with Gasteiger partial charge in [-0.2, -0.15) is 0 Å². The van der Waals surface area contributed by atoms with Crippen LogP contribution >= 0.6 is 0 Å². The van der Waals surface area contributed by atoms with Crippen LogP contribution in [-0.2, 0) is 17.9 Å². The molecule has 1 aromatic heterocycles. The normalized spacial score (nSPS) is 12.9. The van der Waals surface area contributed by atoms with Crippen molar-refractivity contribution in [2.45, 2.75) is 52.1 Å². The van der Waals surface area contributed by atoms with Gasteiger partial charge in [-0.15, -0.1) is 0 Å². The van der Waals surface area contributed by atoms with Crippen LogP contribution in [-0.4, -0.2) is 34.6 Å². The molecule has 5 rings (SSSR count). The fraction of sp³-hybridized carbons (Fsp3) is 0.294. The molecule has 4 aromatic rings. The summed E-state index contributed by atoms with van der Waals surface area (Å²) in [5.74, 6) is -0.133. The molecule has 0 atom stereocenters. The van der Waals surface area contributed by atoms with E-state index in [9.17, 15) is 19.2 Å². The van der Waals surface area contributed by atoms with Gasteiger partial charge in [0.1, 0.15) is 12.3 Å². The summed E-state index contributed by atoms with van der Waals surface area (Å²) in [4.78, 5) is 53.6. The van der Waals surface area contributed by atoms with Gasteiger partial charge in [0.25, 0.3) is 11.5 Å². The quantitative estimate of drug-likeness (QED) is 0.270. The van der Waals surface area contributed by atoms with Gasteiger partial charge < -0.3 is 15.4 Å². The largest absolute Gasteiger partial charge is 0.497 e. The molecule has 1 heterocycles. The maximum absolute atomic E-state index is 13.8. The van der Waals surface area contributed by atoms with Crippen LogP contribution in [0.4, 0.5) is 0 Å². The van der Waals surface area contributed by atoms with Crippen molar-refractivity contribution in [3.05, 3.63) is 116 Å². The van der Waals surface area contributed by atoms with E-state index < -0.39 is 11.2 Å². The monoisotopic (exact) mass is 580 g/mol. The maximum atomic E-state index is 13.8. The summed E-state index contributed by atoms with van der Waals surface area (Å²) in [6.07, 6.45) is 7.47. The summed E-state index contributed by atoms with van der Waals surface area (Å²) in [5, 5.41) is 6.02. The Hall–Kier alpha value is -4.92. The smallest absolute Gasteiger partial charge is 0.336 e. The molecule has 2 amide bonds. The number of hydrogen-bond acceptors (Lipinski definition) is 5. The van der Waals surface area contributed by atoms with Crippen molar-refractivity contribution < 1.29 is 14.3 Å². The fourth-order valence-electron chi connectivity index (χ4n) is 5.30.